The van der Waals surface area contributed by atoms with E-state index in [1.807, 2.05) is 0 Å². The van der Waals surface area contributed by atoms with Crippen molar-refractivity contribution in [2.75, 3.05) is 13.2 Å². The molecule has 0 radical (unpaired) electrons. The molecule has 2 rings (SSSR count). The van der Waals surface area contributed by atoms with E-state index in [2.05, 4.69) is 33.9 Å². The van der Waals surface area contributed by atoms with Gasteiger partial charge in [0.25, 0.3) is 0 Å². The van der Waals surface area contributed by atoms with Crippen LogP contribution in [0.5, 0.6) is 0 Å². The highest BCUT2D eigenvalue weighted by Gasteiger charge is 2.50. The molecule has 0 spiro atoms. The molecule has 0 aromatic carbocycles. The maximum atomic E-state index is 12.5. The van der Waals surface area contributed by atoms with Crippen molar-refractivity contribution < 1.29 is 14.0 Å². The summed E-state index contributed by atoms with van der Waals surface area (Å²) in [4.78, 5) is 12.5. The molecule has 110 valence electrons. The van der Waals surface area contributed by atoms with Gasteiger partial charge in [-0.2, -0.15) is 0 Å². The van der Waals surface area contributed by atoms with Gasteiger partial charge in [0.05, 0.1) is 12.7 Å². The predicted octanol–water partition coefficient (Wildman–Crippen LogP) is 2.64. The topological polar surface area (TPSA) is 35.5 Å². The highest BCUT2D eigenvalue weighted by atomic mass is 28.3. The Morgan fingerprint density at radius 2 is 2.05 bits per heavy atom. The number of ketones is 1. The molecule has 19 heavy (non-hydrogen) atoms. The normalized spacial score (nSPS) is 33.6. The number of carbonyl (C=O) groups excluding carboxylic acids is 1. The number of rotatable bonds is 3. The van der Waals surface area contributed by atoms with Gasteiger partial charge in [0, 0.05) is 18.9 Å². The number of carbonyl (C=O) groups is 1. The van der Waals surface area contributed by atoms with E-state index in [0.29, 0.717) is 24.0 Å². The van der Waals surface area contributed by atoms with Crippen molar-refractivity contribution in [1.29, 1.82) is 0 Å². The fraction of sp³-hybridized carbons (Fsp3) is 0.933. The number of ether oxygens (including phenoxy) is 1. The summed E-state index contributed by atoms with van der Waals surface area (Å²) in [5.41, 5.74) is 0.0325. The summed E-state index contributed by atoms with van der Waals surface area (Å²) in [5, 5.41) is 0. The standard InChI is InChI=1S/C15H28O3Si/c1-15(2,3)14(18-19(4)5)13-11-6-7-17-9-10(11)8-12(13)16/h10-11,13-14,19H,6-9H2,1-5H3/t10-,11+,13+,14?/m0/s1. The third-order valence-electron chi connectivity index (χ3n) is 4.43. The van der Waals surface area contributed by atoms with Crippen LogP contribution in [0.3, 0.4) is 0 Å². The zero-order valence-electron chi connectivity index (χ0n) is 12.9. The second kappa shape index (κ2) is 5.66. The molecule has 1 saturated heterocycles. The first kappa shape index (κ1) is 15.2. The van der Waals surface area contributed by atoms with Gasteiger partial charge in [0.2, 0.25) is 0 Å². The predicted molar refractivity (Wildman–Crippen MR) is 78.7 cm³/mol. The van der Waals surface area contributed by atoms with Gasteiger partial charge >= 0.3 is 0 Å². The molecule has 0 bridgehead atoms. The lowest BCUT2D eigenvalue weighted by atomic mass is 9.74. The first-order valence-corrected chi connectivity index (χ1v) is 10.3. The number of hydrogen-bond donors (Lipinski definition) is 0. The number of hydrogen-bond acceptors (Lipinski definition) is 3. The molecule has 0 aromatic heterocycles. The minimum atomic E-state index is -1.14. The Balaban J connectivity index is 2.22. The molecule has 1 aliphatic carbocycles. The Morgan fingerprint density at radius 1 is 1.37 bits per heavy atom. The SMILES string of the molecule is C[SiH](C)OC([C@H]1C(=O)C[C@H]2COCC[C@H]21)C(C)(C)C. The van der Waals surface area contributed by atoms with Crippen LogP contribution < -0.4 is 0 Å². The van der Waals surface area contributed by atoms with Gasteiger partial charge in [0.15, 0.2) is 9.04 Å². The summed E-state index contributed by atoms with van der Waals surface area (Å²) in [6.07, 6.45) is 1.81. The molecular formula is C15H28O3Si. The van der Waals surface area contributed by atoms with Gasteiger partial charge < -0.3 is 9.16 Å². The van der Waals surface area contributed by atoms with Gasteiger partial charge in [-0.05, 0) is 36.8 Å². The van der Waals surface area contributed by atoms with Crippen LogP contribution in [0.4, 0.5) is 0 Å². The molecule has 0 aromatic rings. The van der Waals surface area contributed by atoms with Crippen molar-refractivity contribution in [2.24, 2.45) is 23.2 Å². The quantitative estimate of drug-likeness (QED) is 0.747. The first-order chi connectivity index (χ1) is 8.80. The Kier molecular flexibility index (Phi) is 4.53. The maximum Gasteiger partial charge on any atom is 0.171 e. The van der Waals surface area contributed by atoms with Crippen LogP contribution in [0.1, 0.15) is 33.6 Å². The van der Waals surface area contributed by atoms with Gasteiger partial charge in [0.1, 0.15) is 5.78 Å². The Morgan fingerprint density at radius 3 is 2.63 bits per heavy atom. The average molecular weight is 284 g/mol. The summed E-state index contributed by atoms with van der Waals surface area (Å²) in [5.74, 6) is 1.44. The van der Waals surface area contributed by atoms with E-state index in [1.54, 1.807) is 0 Å². The van der Waals surface area contributed by atoms with Crippen molar-refractivity contribution in [3.63, 3.8) is 0 Å². The van der Waals surface area contributed by atoms with Gasteiger partial charge in [-0.3, -0.25) is 4.79 Å². The summed E-state index contributed by atoms with van der Waals surface area (Å²) in [6, 6.07) is 0. The Hall–Kier alpha value is -0.193. The van der Waals surface area contributed by atoms with E-state index in [-0.39, 0.29) is 17.4 Å². The lowest BCUT2D eigenvalue weighted by Gasteiger charge is -2.40. The Bertz CT molecular complexity index is 335. The van der Waals surface area contributed by atoms with E-state index < -0.39 is 9.04 Å². The largest absolute Gasteiger partial charge is 0.416 e. The minimum Gasteiger partial charge on any atom is -0.416 e. The highest BCUT2D eigenvalue weighted by Crippen LogP contribution is 2.45. The first-order valence-electron chi connectivity index (χ1n) is 7.56. The van der Waals surface area contributed by atoms with Crippen LogP contribution in [0, 0.1) is 23.2 Å². The van der Waals surface area contributed by atoms with Crippen LogP contribution in [0.15, 0.2) is 0 Å². The van der Waals surface area contributed by atoms with Gasteiger partial charge in [-0.15, -0.1) is 0 Å². The second-order valence-corrected chi connectivity index (χ2v) is 9.82. The third-order valence-corrected chi connectivity index (χ3v) is 5.27. The molecule has 1 heterocycles. The van der Waals surface area contributed by atoms with E-state index in [0.717, 1.165) is 19.6 Å². The molecule has 3 nitrogen and oxygen atoms in total. The molecular weight excluding hydrogens is 256 g/mol. The van der Waals surface area contributed by atoms with Crippen molar-refractivity contribution in [1.82, 2.24) is 0 Å². The Labute approximate surface area is 118 Å². The van der Waals surface area contributed by atoms with Crippen LogP contribution in [-0.4, -0.2) is 34.1 Å². The van der Waals surface area contributed by atoms with E-state index >= 15 is 0 Å². The van der Waals surface area contributed by atoms with E-state index in [9.17, 15) is 4.79 Å². The van der Waals surface area contributed by atoms with Gasteiger partial charge in [-0.25, -0.2) is 0 Å². The molecule has 2 fully saturated rings. The molecule has 2 aliphatic rings. The van der Waals surface area contributed by atoms with Crippen molar-refractivity contribution in [2.45, 2.75) is 52.8 Å². The summed E-state index contributed by atoms with van der Waals surface area (Å²) in [7, 11) is -1.14. The minimum absolute atomic E-state index is 0.0325. The molecule has 0 N–H and O–H groups in total. The van der Waals surface area contributed by atoms with E-state index in [1.165, 1.54) is 0 Å². The monoisotopic (exact) mass is 284 g/mol. The number of fused-ring (bicyclic) bond motifs is 1. The van der Waals surface area contributed by atoms with Crippen molar-refractivity contribution in [3.05, 3.63) is 0 Å². The van der Waals surface area contributed by atoms with Crippen LogP contribution >= 0.6 is 0 Å². The summed E-state index contributed by atoms with van der Waals surface area (Å²) < 4.78 is 11.8. The lowest BCUT2D eigenvalue weighted by molar-refractivity contribution is -0.127. The summed E-state index contributed by atoms with van der Waals surface area (Å²) >= 11 is 0. The lowest BCUT2D eigenvalue weighted by Crippen LogP contribution is -2.45. The van der Waals surface area contributed by atoms with Crippen LogP contribution in [0.25, 0.3) is 0 Å². The molecule has 4 heteroatoms. The molecule has 1 unspecified atom stereocenters. The maximum absolute atomic E-state index is 12.5. The fourth-order valence-corrected chi connectivity index (χ4v) is 4.81. The third kappa shape index (κ3) is 3.28. The molecule has 0 amide bonds. The molecule has 1 saturated carbocycles. The average Bonchev–Trinajstić information content (AvgIpc) is 2.60. The molecule has 1 aliphatic heterocycles. The van der Waals surface area contributed by atoms with Crippen molar-refractivity contribution >= 4 is 14.8 Å². The van der Waals surface area contributed by atoms with E-state index in [4.69, 9.17) is 9.16 Å². The smallest absolute Gasteiger partial charge is 0.171 e. The van der Waals surface area contributed by atoms with Crippen molar-refractivity contribution in [3.8, 4) is 0 Å². The van der Waals surface area contributed by atoms with Crippen LogP contribution in [-0.2, 0) is 14.0 Å². The highest BCUT2D eigenvalue weighted by molar-refractivity contribution is 6.48. The molecule has 4 atom stereocenters. The number of Topliss-reactive ketones (excluding diaryl/α,β-unsaturated/α-hetero) is 1. The zero-order valence-corrected chi connectivity index (χ0v) is 14.1. The second-order valence-electron chi connectivity index (χ2n) is 7.46. The van der Waals surface area contributed by atoms with Crippen LogP contribution in [0.2, 0.25) is 13.1 Å². The zero-order chi connectivity index (χ0) is 14.2. The summed E-state index contributed by atoms with van der Waals surface area (Å²) in [6.45, 7) is 12.6. The van der Waals surface area contributed by atoms with Gasteiger partial charge in [-0.1, -0.05) is 20.8 Å². The fourth-order valence-electron chi connectivity index (χ4n) is 3.64.